The Bertz CT molecular complexity index is 456. The van der Waals surface area contributed by atoms with E-state index in [1.54, 1.807) is 0 Å². The normalized spacial score (nSPS) is 32.2. The van der Waals surface area contributed by atoms with Crippen LogP contribution < -0.4 is 5.32 Å². The number of amides is 1. The standard InChI is InChI=1S/C19H34N2O3/c1-18(2,3)24-17(23)21-11-5-8-16(21)14-6-4-7-15(14)20-12-19(13-22)9-10-19/h14-16,20,22H,4-13H2,1-3H3. The molecule has 0 radical (unpaired) electrons. The predicted octanol–water partition coefficient (Wildman–Crippen LogP) is 2.92. The van der Waals surface area contributed by atoms with Crippen molar-refractivity contribution in [3.63, 3.8) is 0 Å². The fraction of sp³-hybridized carbons (Fsp3) is 0.947. The quantitative estimate of drug-likeness (QED) is 0.809. The number of rotatable bonds is 5. The van der Waals surface area contributed by atoms with Crippen molar-refractivity contribution >= 4 is 6.09 Å². The monoisotopic (exact) mass is 338 g/mol. The molecule has 0 bridgehead atoms. The summed E-state index contributed by atoms with van der Waals surface area (Å²) in [6, 6.07) is 0.784. The molecule has 5 nitrogen and oxygen atoms in total. The van der Waals surface area contributed by atoms with E-state index in [0.717, 1.165) is 38.8 Å². The van der Waals surface area contributed by atoms with Gasteiger partial charge in [-0.2, -0.15) is 0 Å². The van der Waals surface area contributed by atoms with E-state index in [4.69, 9.17) is 4.74 Å². The van der Waals surface area contributed by atoms with Gasteiger partial charge in [-0.15, -0.1) is 0 Å². The summed E-state index contributed by atoms with van der Waals surface area (Å²) in [5, 5.41) is 13.3. The second-order valence-corrected chi connectivity index (χ2v) is 9.12. The Hall–Kier alpha value is -0.810. The summed E-state index contributed by atoms with van der Waals surface area (Å²) in [4.78, 5) is 14.5. The first-order valence-corrected chi connectivity index (χ1v) is 9.67. The molecule has 1 aliphatic heterocycles. The summed E-state index contributed by atoms with van der Waals surface area (Å²) in [5.74, 6) is 0.523. The van der Waals surface area contributed by atoms with E-state index >= 15 is 0 Å². The van der Waals surface area contributed by atoms with Gasteiger partial charge in [-0.1, -0.05) is 6.42 Å². The van der Waals surface area contributed by atoms with Gasteiger partial charge in [0.1, 0.15) is 5.60 Å². The number of hydrogen-bond acceptors (Lipinski definition) is 4. The number of likely N-dealkylation sites (tertiary alicyclic amines) is 1. The van der Waals surface area contributed by atoms with Crippen LogP contribution in [0, 0.1) is 11.3 Å². The molecule has 0 aromatic carbocycles. The van der Waals surface area contributed by atoms with Crippen LogP contribution in [0.1, 0.15) is 65.7 Å². The van der Waals surface area contributed by atoms with Gasteiger partial charge in [-0.05, 0) is 65.2 Å². The highest BCUT2D eigenvalue weighted by Gasteiger charge is 2.45. The molecule has 5 heteroatoms. The summed E-state index contributed by atoms with van der Waals surface area (Å²) < 4.78 is 5.62. The molecule has 1 amide bonds. The molecule has 1 saturated heterocycles. The molecule has 1 heterocycles. The lowest BCUT2D eigenvalue weighted by Crippen LogP contribution is -2.48. The minimum atomic E-state index is -0.434. The Balaban J connectivity index is 1.59. The molecule has 24 heavy (non-hydrogen) atoms. The van der Waals surface area contributed by atoms with Crippen molar-refractivity contribution < 1.29 is 14.6 Å². The van der Waals surface area contributed by atoms with Gasteiger partial charge in [0.25, 0.3) is 0 Å². The molecule has 138 valence electrons. The van der Waals surface area contributed by atoms with Gasteiger partial charge in [0, 0.05) is 37.2 Å². The second kappa shape index (κ2) is 6.83. The molecule has 3 atom stereocenters. The summed E-state index contributed by atoms with van der Waals surface area (Å²) in [6.45, 7) is 7.83. The van der Waals surface area contributed by atoms with Gasteiger partial charge < -0.3 is 20.1 Å². The Morgan fingerprint density at radius 2 is 2.00 bits per heavy atom. The van der Waals surface area contributed by atoms with Crippen LogP contribution in [0.25, 0.3) is 0 Å². The molecule has 2 saturated carbocycles. The second-order valence-electron chi connectivity index (χ2n) is 9.12. The number of carbonyl (C=O) groups excluding carboxylic acids is 1. The lowest BCUT2D eigenvalue weighted by Gasteiger charge is -2.35. The van der Waals surface area contributed by atoms with Crippen molar-refractivity contribution in [2.24, 2.45) is 11.3 Å². The average Bonchev–Trinajstić information content (AvgIpc) is 2.93. The minimum Gasteiger partial charge on any atom is -0.444 e. The van der Waals surface area contributed by atoms with Crippen LogP contribution in [0.15, 0.2) is 0 Å². The third-order valence-corrected chi connectivity index (χ3v) is 6.02. The van der Waals surface area contributed by atoms with E-state index in [-0.39, 0.29) is 11.5 Å². The maximum atomic E-state index is 12.6. The summed E-state index contributed by atoms with van der Waals surface area (Å²) in [5.41, 5.74) is -0.287. The van der Waals surface area contributed by atoms with Crippen molar-refractivity contribution in [1.82, 2.24) is 10.2 Å². The number of carbonyl (C=O) groups is 1. The highest BCUT2D eigenvalue weighted by molar-refractivity contribution is 5.69. The SMILES string of the molecule is CC(C)(C)OC(=O)N1CCCC1C1CCCC1NCC1(CO)CC1. The van der Waals surface area contributed by atoms with Crippen molar-refractivity contribution in [1.29, 1.82) is 0 Å². The number of aliphatic hydroxyl groups excluding tert-OH is 1. The third kappa shape index (κ3) is 4.05. The minimum absolute atomic E-state index is 0.146. The maximum absolute atomic E-state index is 12.6. The maximum Gasteiger partial charge on any atom is 0.410 e. The fourth-order valence-electron chi connectivity index (χ4n) is 4.40. The number of aliphatic hydroxyl groups is 1. The summed E-state index contributed by atoms with van der Waals surface area (Å²) in [7, 11) is 0. The third-order valence-electron chi connectivity index (χ3n) is 6.02. The van der Waals surface area contributed by atoms with Crippen LogP contribution in [-0.4, -0.2) is 53.5 Å². The van der Waals surface area contributed by atoms with E-state index in [0.29, 0.717) is 24.6 Å². The van der Waals surface area contributed by atoms with Crippen molar-refractivity contribution in [2.75, 3.05) is 19.7 Å². The van der Waals surface area contributed by atoms with Crippen LogP contribution in [0.4, 0.5) is 4.79 Å². The first-order valence-electron chi connectivity index (χ1n) is 9.67. The van der Waals surface area contributed by atoms with E-state index in [1.165, 1.54) is 19.3 Å². The van der Waals surface area contributed by atoms with Crippen LogP contribution in [-0.2, 0) is 4.74 Å². The zero-order chi connectivity index (χ0) is 17.4. The summed E-state index contributed by atoms with van der Waals surface area (Å²) in [6.07, 6.45) is 7.90. The molecule has 3 rings (SSSR count). The predicted molar refractivity (Wildman–Crippen MR) is 93.8 cm³/mol. The highest BCUT2D eigenvalue weighted by Crippen LogP contribution is 2.45. The molecule has 3 aliphatic rings. The van der Waals surface area contributed by atoms with Crippen LogP contribution in [0.5, 0.6) is 0 Å². The highest BCUT2D eigenvalue weighted by atomic mass is 16.6. The first-order chi connectivity index (χ1) is 11.3. The Labute approximate surface area is 146 Å². The zero-order valence-corrected chi connectivity index (χ0v) is 15.5. The Morgan fingerprint density at radius 1 is 1.25 bits per heavy atom. The molecule has 2 aliphatic carbocycles. The molecule has 0 aromatic heterocycles. The van der Waals surface area contributed by atoms with Gasteiger partial charge in [0.15, 0.2) is 0 Å². The van der Waals surface area contributed by atoms with Crippen LogP contribution in [0.2, 0.25) is 0 Å². The molecular weight excluding hydrogens is 304 g/mol. The molecule has 3 unspecified atom stereocenters. The number of nitrogens with one attached hydrogen (secondary N) is 1. The summed E-state index contributed by atoms with van der Waals surface area (Å²) >= 11 is 0. The topological polar surface area (TPSA) is 61.8 Å². The average molecular weight is 338 g/mol. The molecular formula is C19H34N2O3. The van der Waals surface area contributed by atoms with E-state index < -0.39 is 5.60 Å². The van der Waals surface area contributed by atoms with Gasteiger partial charge in [0.2, 0.25) is 0 Å². The van der Waals surface area contributed by atoms with Crippen molar-refractivity contribution in [3.05, 3.63) is 0 Å². The molecule has 3 fully saturated rings. The van der Waals surface area contributed by atoms with Crippen LogP contribution >= 0.6 is 0 Å². The molecule has 0 aromatic rings. The zero-order valence-electron chi connectivity index (χ0n) is 15.5. The smallest absolute Gasteiger partial charge is 0.410 e. The van der Waals surface area contributed by atoms with Crippen molar-refractivity contribution in [2.45, 2.75) is 83.4 Å². The van der Waals surface area contributed by atoms with Gasteiger partial charge in [0.05, 0.1) is 0 Å². The lowest BCUT2D eigenvalue weighted by atomic mass is 9.92. The number of nitrogens with zero attached hydrogens (tertiary/aromatic N) is 1. The van der Waals surface area contributed by atoms with E-state index in [9.17, 15) is 9.90 Å². The van der Waals surface area contributed by atoms with E-state index in [1.807, 2.05) is 25.7 Å². The lowest BCUT2D eigenvalue weighted by molar-refractivity contribution is 0.0165. The van der Waals surface area contributed by atoms with Crippen molar-refractivity contribution in [3.8, 4) is 0 Å². The largest absolute Gasteiger partial charge is 0.444 e. The fourth-order valence-corrected chi connectivity index (χ4v) is 4.40. The Kier molecular flexibility index (Phi) is 5.12. The number of hydrogen-bond donors (Lipinski definition) is 2. The first kappa shape index (κ1) is 18.0. The van der Waals surface area contributed by atoms with Gasteiger partial charge in [-0.3, -0.25) is 0 Å². The van der Waals surface area contributed by atoms with Gasteiger partial charge >= 0.3 is 6.09 Å². The van der Waals surface area contributed by atoms with Crippen LogP contribution in [0.3, 0.4) is 0 Å². The number of ether oxygens (including phenoxy) is 1. The molecule has 2 N–H and O–H groups in total. The van der Waals surface area contributed by atoms with Gasteiger partial charge in [-0.25, -0.2) is 4.79 Å². The Morgan fingerprint density at radius 3 is 2.62 bits per heavy atom. The van der Waals surface area contributed by atoms with E-state index in [2.05, 4.69) is 5.32 Å². The molecule has 0 spiro atoms.